The topological polar surface area (TPSA) is 65.1 Å². The van der Waals surface area contributed by atoms with E-state index in [0.29, 0.717) is 13.1 Å². The summed E-state index contributed by atoms with van der Waals surface area (Å²) in [6.45, 7) is 9.85. The normalized spacial score (nSPS) is 10.6. The second kappa shape index (κ2) is 9.03. The minimum atomic E-state index is 0. The molecule has 0 aromatic carbocycles. The van der Waals surface area contributed by atoms with Crippen LogP contribution in [0, 0.1) is 6.92 Å². The molecule has 0 saturated heterocycles. The van der Waals surface area contributed by atoms with Crippen molar-refractivity contribution in [3.63, 3.8) is 0 Å². The van der Waals surface area contributed by atoms with E-state index in [9.17, 15) is 0 Å². The van der Waals surface area contributed by atoms with E-state index in [-0.39, 0.29) is 24.0 Å². The van der Waals surface area contributed by atoms with Crippen LogP contribution >= 0.6 is 24.0 Å². The molecule has 0 saturated carbocycles. The highest BCUT2D eigenvalue weighted by atomic mass is 127. The summed E-state index contributed by atoms with van der Waals surface area (Å²) in [6, 6.07) is 0. The number of halogens is 1. The highest BCUT2D eigenvalue weighted by Crippen LogP contribution is 2.03. The Balaban J connectivity index is 0.00000256. The molecule has 0 amide bonds. The minimum absolute atomic E-state index is 0. The number of aryl methyl sites for hydroxylation is 1. The maximum atomic E-state index is 4.44. The molecule has 0 bridgehead atoms. The molecule has 1 aromatic rings. The molecule has 17 heavy (non-hydrogen) atoms. The molecule has 0 aliphatic rings. The summed E-state index contributed by atoms with van der Waals surface area (Å²) in [4.78, 5) is 4.44. The van der Waals surface area contributed by atoms with Gasteiger partial charge in [-0.05, 0) is 13.8 Å². The van der Waals surface area contributed by atoms with Crippen molar-refractivity contribution in [1.82, 2.24) is 20.8 Å². The first-order valence-corrected chi connectivity index (χ1v) is 5.39. The van der Waals surface area contributed by atoms with Crippen LogP contribution in [0.5, 0.6) is 0 Å². The van der Waals surface area contributed by atoms with Gasteiger partial charge in [0.15, 0.2) is 5.96 Å². The average Bonchev–Trinajstić information content (AvgIpc) is 2.68. The summed E-state index contributed by atoms with van der Waals surface area (Å²) in [5, 5.41) is 13.2. The van der Waals surface area contributed by atoms with Crippen LogP contribution in [0.3, 0.4) is 0 Å². The second-order valence-electron chi connectivity index (χ2n) is 3.38. The van der Waals surface area contributed by atoms with E-state index in [0.717, 1.165) is 23.8 Å². The van der Waals surface area contributed by atoms with E-state index in [1.165, 1.54) is 0 Å². The van der Waals surface area contributed by atoms with Crippen LogP contribution in [-0.2, 0) is 6.54 Å². The lowest BCUT2D eigenvalue weighted by Gasteiger charge is -2.08. The molecule has 5 nitrogen and oxygen atoms in total. The Hall–Kier alpha value is -1.05. The molecule has 0 aliphatic heterocycles. The molecule has 1 heterocycles. The van der Waals surface area contributed by atoms with Crippen molar-refractivity contribution in [2.75, 3.05) is 13.1 Å². The Morgan fingerprint density at radius 2 is 2.35 bits per heavy atom. The van der Waals surface area contributed by atoms with Crippen LogP contribution in [0.25, 0.3) is 0 Å². The van der Waals surface area contributed by atoms with E-state index < -0.39 is 0 Å². The lowest BCUT2D eigenvalue weighted by atomic mass is 10.3. The second-order valence-corrected chi connectivity index (χ2v) is 3.38. The van der Waals surface area contributed by atoms with Crippen LogP contribution in [0.2, 0.25) is 0 Å². The molecule has 6 heteroatoms. The number of aromatic nitrogens is 2. The van der Waals surface area contributed by atoms with Crippen LogP contribution < -0.4 is 10.6 Å². The first kappa shape index (κ1) is 16.0. The van der Waals surface area contributed by atoms with Crippen molar-refractivity contribution in [3.8, 4) is 0 Å². The molecular formula is C11H20IN5. The molecule has 0 aliphatic carbocycles. The van der Waals surface area contributed by atoms with Crippen molar-refractivity contribution < 1.29 is 0 Å². The van der Waals surface area contributed by atoms with Gasteiger partial charge in [0.25, 0.3) is 0 Å². The zero-order valence-corrected chi connectivity index (χ0v) is 12.6. The maximum Gasteiger partial charge on any atom is 0.191 e. The van der Waals surface area contributed by atoms with Gasteiger partial charge in [-0.1, -0.05) is 6.08 Å². The summed E-state index contributed by atoms with van der Waals surface area (Å²) >= 11 is 0. The monoisotopic (exact) mass is 349 g/mol. The number of nitrogens with one attached hydrogen (secondary N) is 3. The summed E-state index contributed by atoms with van der Waals surface area (Å²) < 4.78 is 0. The van der Waals surface area contributed by atoms with Crippen LogP contribution in [-0.4, -0.2) is 29.2 Å². The summed E-state index contributed by atoms with van der Waals surface area (Å²) in [5.74, 6) is 0.794. The maximum absolute atomic E-state index is 4.44. The molecule has 1 aromatic heterocycles. The first-order chi connectivity index (χ1) is 7.77. The Labute approximate surface area is 119 Å². The number of rotatable bonds is 5. The molecule has 1 rings (SSSR count). The van der Waals surface area contributed by atoms with Gasteiger partial charge in [0.1, 0.15) is 0 Å². The first-order valence-electron chi connectivity index (χ1n) is 5.39. The third kappa shape index (κ3) is 5.71. The lowest BCUT2D eigenvalue weighted by molar-refractivity contribution is 0.859. The number of H-pyrrole nitrogens is 1. The Bertz CT molecular complexity index is 358. The zero-order valence-electron chi connectivity index (χ0n) is 10.3. The number of hydrogen-bond acceptors (Lipinski definition) is 2. The standard InChI is InChI=1S/C11H19N5.HI/c1-4-6-13-11(12-5-2)14-7-10-8-15-16-9(10)3;/h4,8H,1,5-7H2,2-3H3,(H,15,16)(H2,12,13,14);1H. The van der Waals surface area contributed by atoms with Crippen LogP contribution in [0.15, 0.2) is 23.8 Å². The van der Waals surface area contributed by atoms with Crippen molar-refractivity contribution in [2.24, 2.45) is 4.99 Å². The number of aromatic amines is 1. The molecule has 0 radical (unpaired) electrons. The molecule has 0 atom stereocenters. The highest BCUT2D eigenvalue weighted by Gasteiger charge is 2.00. The molecule has 0 unspecified atom stereocenters. The Morgan fingerprint density at radius 1 is 1.59 bits per heavy atom. The summed E-state index contributed by atoms with van der Waals surface area (Å²) in [6.07, 6.45) is 3.60. The van der Waals surface area contributed by atoms with Crippen molar-refractivity contribution in [2.45, 2.75) is 20.4 Å². The summed E-state index contributed by atoms with van der Waals surface area (Å²) in [7, 11) is 0. The molecule has 0 fully saturated rings. The van der Waals surface area contributed by atoms with Gasteiger partial charge in [0.2, 0.25) is 0 Å². The van der Waals surface area contributed by atoms with Crippen LogP contribution in [0.4, 0.5) is 0 Å². The van der Waals surface area contributed by atoms with E-state index in [2.05, 4.69) is 32.4 Å². The fourth-order valence-electron chi connectivity index (χ4n) is 1.21. The SMILES string of the molecule is C=CCNC(=NCc1cn[nH]c1C)NCC.I. The van der Waals surface area contributed by atoms with Gasteiger partial charge in [-0.25, -0.2) is 4.99 Å². The van der Waals surface area contributed by atoms with Gasteiger partial charge in [0, 0.05) is 24.3 Å². The van der Waals surface area contributed by atoms with E-state index in [1.54, 1.807) is 12.3 Å². The smallest absolute Gasteiger partial charge is 0.191 e. The van der Waals surface area contributed by atoms with Crippen molar-refractivity contribution >= 4 is 29.9 Å². The number of guanidine groups is 1. The van der Waals surface area contributed by atoms with E-state index >= 15 is 0 Å². The van der Waals surface area contributed by atoms with Gasteiger partial charge in [-0.3, -0.25) is 5.10 Å². The van der Waals surface area contributed by atoms with Crippen molar-refractivity contribution in [3.05, 3.63) is 30.1 Å². The van der Waals surface area contributed by atoms with E-state index in [4.69, 9.17) is 0 Å². The molecule has 3 N–H and O–H groups in total. The quantitative estimate of drug-likeness (QED) is 0.327. The third-order valence-electron chi connectivity index (χ3n) is 2.10. The molecule has 96 valence electrons. The van der Waals surface area contributed by atoms with Gasteiger partial charge in [-0.2, -0.15) is 5.10 Å². The highest BCUT2D eigenvalue weighted by molar-refractivity contribution is 14.0. The van der Waals surface area contributed by atoms with Crippen molar-refractivity contribution in [1.29, 1.82) is 0 Å². The fourth-order valence-corrected chi connectivity index (χ4v) is 1.21. The number of aliphatic imine (C=N–C) groups is 1. The van der Waals surface area contributed by atoms with E-state index in [1.807, 2.05) is 13.8 Å². The largest absolute Gasteiger partial charge is 0.357 e. The third-order valence-corrected chi connectivity index (χ3v) is 2.10. The predicted molar refractivity (Wildman–Crippen MR) is 81.8 cm³/mol. The predicted octanol–water partition coefficient (Wildman–Crippen LogP) is 1.58. The van der Waals surface area contributed by atoms with Gasteiger partial charge in [-0.15, -0.1) is 30.6 Å². The number of nitrogens with zero attached hydrogens (tertiary/aromatic N) is 2. The van der Waals surface area contributed by atoms with Gasteiger partial charge >= 0.3 is 0 Å². The fraction of sp³-hybridized carbons (Fsp3) is 0.455. The Morgan fingerprint density at radius 3 is 2.88 bits per heavy atom. The summed E-state index contributed by atoms with van der Waals surface area (Å²) in [5.41, 5.74) is 2.17. The number of hydrogen-bond donors (Lipinski definition) is 3. The molecular weight excluding hydrogens is 329 g/mol. The Kier molecular flexibility index (Phi) is 8.47. The minimum Gasteiger partial charge on any atom is -0.357 e. The van der Waals surface area contributed by atoms with Crippen LogP contribution in [0.1, 0.15) is 18.2 Å². The van der Waals surface area contributed by atoms with Gasteiger partial charge < -0.3 is 10.6 Å². The zero-order chi connectivity index (χ0) is 11.8. The average molecular weight is 349 g/mol. The lowest BCUT2D eigenvalue weighted by Crippen LogP contribution is -2.37. The van der Waals surface area contributed by atoms with Gasteiger partial charge in [0.05, 0.1) is 12.7 Å². The molecule has 0 spiro atoms.